The maximum absolute atomic E-state index is 12.1. The first-order chi connectivity index (χ1) is 18.1. The minimum absolute atomic E-state index is 0.286. The molecule has 6 rings (SSSR count). The first-order valence-corrected chi connectivity index (χ1v) is 16.1. The second-order valence-corrected chi connectivity index (χ2v) is 14.6. The van der Waals surface area contributed by atoms with Crippen molar-refractivity contribution >= 4 is 47.1 Å². The van der Waals surface area contributed by atoms with Crippen LogP contribution < -0.4 is 10.6 Å². The Bertz CT molecular complexity index is 1490. The molecule has 2 unspecified atom stereocenters. The van der Waals surface area contributed by atoms with Crippen LogP contribution in [0.15, 0.2) is 133 Å². The highest BCUT2D eigenvalue weighted by molar-refractivity contribution is 7.73. The number of hydrogen-bond acceptors (Lipinski definition) is 1. The summed E-state index contributed by atoms with van der Waals surface area (Å²) in [6.45, 7) is 2.35. The van der Waals surface area contributed by atoms with Crippen molar-refractivity contribution in [1.29, 1.82) is 0 Å². The first kappa shape index (κ1) is 24.4. The Labute approximate surface area is 222 Å². The van der Waals surface area contributed by atoms with E-state index in [0.29, 0.717) is 0 Å². The average molecular weight is 519 g/mol. The van der Waals surface area contributed by atoms with Gasteiger partial charge in [0, 0.05) is 15.7 Å². The standard InChI is InChI=1S/C34H32OP2/c1-34(33(35)26-14-8-9-15-26,24-36(27-16-4-2-5-17-27)28-18-6-3-7-19-28)25-37-31-22-12-10-20-29(31)30-21-11-13-23-32(30)37/h2-14,16-23,33,35H,15,24-25H2,1H3. The van der Waals surface area contributed by atoms with Gasteiger partial charge in [-0.1, -0.05) is 134 Å². The molecule has 0 fully saturated rings. The van der Waals surface area contributed by atoms with Crippen molar-refractivity contribution in [1.82, 2.24) is 0 Å². The number of fused-ring (bicyclic) bond motifs is 3. The molecule has 1 N–H and O–H groups in total. The van der Waals surface area contributed by atoms with Crippen molar-refractivity contribution in [2.24, 2.45) is 5.41 Å². The highest BCUT2D eigenvalue weighted by atomic mass is 31.1. The topological polar surface area (TPSA) is 20.2 Å². The van der Waals surface area contributed by atoms with E-state index in [9.17, 15) is 5.11 Å². The van der Waals surface area contributed by atoms with Gasteiger partial charge in [-0.25, -0.2) is 0 Å². The van der Waals surface area contributed by atoms with Crippen LogP contribution in [-0.2, 0) is 6.16 Å². The SMILES string of the molecule is CC(CP(c1ccccc1)c1ccccc1)(Cp1c2ccccc2c2ccccc21)C(O)C1=CC=CC1. The molecule has 1 nitrogen and oxygen atoms in total. The molecule has 4 aromatic carbocycles. The van der Waals surface area contributed by atoms with E-state index in [0.717, 1.165) is 24.3 Å². The molecule has 1 aliphatic carbocycles. The van der Waals surface area contributed by atoms with Crippen LogP contribution >= 0.6 is 15.5 Å². The first-order valence-electron chi connectivity index (χ1n) is 13.0. The van der Waals surface area contributed by atoms with Gasteiger partial charge >= 0.3 is 0 Å². The van der Waals surface area contributed by atoms with Gasteiger partial charge in [0.25, 0.3) is 0 Å². The summed E-state index contributed by atoms with van der Waals surface area (Å²) in [6, 6.07) is 39.7. The monoisotopic (exact) mass is 518 g/mol. The van der Waals surface area contributed by atoms with Gasteiger partial charge in [0.1, 0.15) is 0 Å². The van der Waals surface area contributed by atoms with Crippen molar-refractivity contribution in [3.63, 3.8) is 0 Å². The number of rotatable bonds is 8. The van der Waals surface area contributed by atoms with Gasteiger partial charge in [0.05, 0.1) is 6.10 Å². The van der Waals surface area contributed by atoms with E-state index >= 15 is 0 Å². The molecular weight excluding hydrogens is 486 g/mol. The molecule has 0 radical (unpaired) electrons. The van der Waals surface area contributed by atoms with Crippen LogP contribution in [0.5, 0.6) is 0 Å². The quantitative estimate of drug-likeness (QED) is 0.205. The van der Waals surface area contributed by atoms with E-state index in [1.807, 2.05) is 0 Å². The smallest absolute Gasteiger partial charge is 0.0819 e. The number of allylic oxidation sites excluding steroid dienone is 3. The molecule has 0 saturated heterocycles. The summed E-state index contributed by atoms with van der Waals surface area (Å²) in [5, 5.41) is 20.5. The number of aliphatic hydroxyl groups is 1. The molecule has 0 aliphatic heterocycles. The highest BCUT2D eigenvalue weighted by Gasteiger charge is 2.39. The third-order valence-corrected chi connectivity index (χ3v) is 13.5. The Hall–Kier alpha value is -2.95. The average Bonchev–Trinajstić information content (AvgIpc) is 3.60. The van der Waals surface area contributed by atoms with Crippen molar-refractivity contribution in [3.8, 4) is 0 Å². The normalized spacial score (nSPS) is 15.8. The van der Waals surface area contributed by atoms with Crippen LogP contribution in [0, 0.1) is 5.41 Å². The molecule has 1 aliphatic rings. The third kappa shape index (κ3) is 4.73. The Morgan fingerprint density at radius 1 is 0.757 bits per heavy atom. The van der Waals surface area contributed by atoms with E-state index in [4.69, 9.17) is 0 Å². The molecule has 5 aromatic rings. The fourth-order valence-electron chi connectivity index (χ4n) is 5.78. The van der Waals surface area contributed by atoms with Crippen molar-refractivity contribution in [3.05, 3.63) is 133 Å². The van der Waals surface area contributed by atoms with Crippen LogP contribution in [0.1, 0.15) is 13.3 Å². The molecule has 3 heteroatoms. The maximum Gasteiger partial charge on any atom is 0.0819 e. The summed E-state index contributed by atoms with van der Waals surface area (Å²) in [5.74, 6) is 0. The predicted molar refractivity (Wildman–Crippen MR) is 164 cm³/mol. The van der Waals surface area contributed by atoms with Crippen LogP contribution in [0.2, 0.25) is 0 Å². The van der Waals surface area contributed by atoms with Crippen LogP contribution in [-0.4, -0.2) is 17.4 Å². The summed E-state index contributed by atoms with van der Waals surface area (Å²) < 4.78 is 0. The molecule has 37 heavy (non-hydrogen) atoms. The van der Waals surface area contributed by atoms with Gasteiger partial charge in [-0.15, -0.1) is 7.53 Å². The van der Waals surface area contributed by atoms with Crippen LogP contribution in [0.25, 0.3) is 21.0 Å². The van der Waals surface area contributed by atoms with Crippen molar-refractivity contribution < 1.29 is 5.11 Å². The molecule has 2 atom stereocenters. The minimum atomic E-state index is -0.638. The molecule has 184 valence electrons. The number of benzene rings is 4. The Morgan fingerprint density at radius 2 is 1.27 bits per heavy atom. The molecule has 0 saturated carbocycles. The molecule has 1 aromatic heterocycles. The zero-order chi connectivity index (χ0) is 25.2. The van der Waals surface area contributed by atoms with Gasteiger partial charge in [-0.2, -0.15) is 0 Å². The van der Waals surface area contributed by atoms with E-state index in [2.05, 4.69) is 134 Å². The van der Waals surface area contributed by atoms with E-state index in [1.165, 1.54) is 31.6 Å². The summed E-state index contributed by atoms with van der Waals surface area (Å²) in [4.78, 5) is 0. The van der Waals surface area contributed by atoms with Gasteiger partial charge < -0.3 is 5.11 Å². The van der Waals surface area contributed by atoms with E-state index in [-0.39, 0.29) is 5.41 Å². The minimum Gasteiger partial charge on any atom is -0.388 e. The predicted octanol–water partition coefficient (Wildman–Crippen LogP) is 8.37. The van der Waals surface area contributed by atoms with Crippen LogP contribution in [0.4, 0.5) is 0 Å². The lowest BCUT2D eigenvalue weighted by Gasteiger charge is -2.39. The lowest BCUT2D eigenvalue weighted by Crippen LogP contribution is -2.39. The Balaban J connectivity index is 1.49. The lowest BCUT2D eigenvalue weighted by atomic mass is 9.83. The van der Waals surface area contributed by atoms with Crippen LogP contribution in [0.3, 0.4) is 0 Å². The zero-order valence-corrected chi connectivity index (χ0v) is 23.0. The lowest BCUT2D eigenvalue weighted by molar-refractivity contribution is 0.0904. The Morgan fingerprint density at radius 3 is 1.78 bits per heavy atom. The van der Waals surface area contributed by atoms with Gasteiger partial charge in [-0.3, -0.25) is 0 Å². The van der Waals surface area contributed by atoms with Crippen molar-refractivity contribution in [2.75, 3.05) is 6.16 Å². The van der Waals surface area contributed by atoms with Gasteiger partial charge in [0.15, 0.2) is 0 Å². The van der Waals surface area contributed by atoms with Gasteiger partial charge in [0.2, 0.25) is 0 Å². The second kappa shape index (κ2) is 10.4. The fraction of sp³-hybridized carbons (Fsp3) is 0.176. The summed E-state index contributed by atoms with van der Waals surface area (Å²) in [5.41, 5.74) is 0.861. The second-order valence-electron chi connectivity index (χ2n) is 10.3. The third-order valence-electron chi connectivity index (χ3n) is 7.67. The Kier molecular flexibility index (Phi) is 6.88. The largest absolute Gasteiger partial charge is 0.388 e. The molecule has 0 bridgehead atoms. The molecule has 0 amide bonds. The highest BCUT2D eigenvalue weighted by Crippen LogP contribution is 2.56. The molecule has 1 heterocycles. The van der Waals surface area contributed by atoms with Crippen molar-refractivity contribution in [2.45, 2.75) is 25.6 Å². The summed E-state index contributed by atoms with van der Waals surface area (Å²) >= 11 is 0. The summed E-state index contributed by atoms with van der Waals surface area (Å²) in [7, 11) is -1.22. The maximum atomic E-state index is 12.1. The number of aliphatic hydroxyl groups excluding tert-OH is 1. The fourth-order valence-corrected chi connectivity index (χ4v) is 11.8. The van der Waals surface area contributed by atoms with E-state index in [1.54, 1.807) is 0 Å². The molecule has 0 spiro atoms. The zero-order valence-electron chi connectivity index (χ0n) is 21.2. The number of hydrogen-bond donors (Lipinski definition) is 1. The molecular formula is C34H32OP2. The van der Waals surface area contributed by atoms with E-state index < -0.39 is 21.6 Å². The summed E-state index contributed by atoms with van der Waals surface area (Å²) in [6.07, 6.45) is 8.67. The van der Waals surface area contributed by atoms with Gasteiger partial charge in [-0.05, 0) is 53.6 Å².